The van der Waals surface area contributed by atoms with Crippen molar-refractivity contribution in [1.29, 1.82) is 0 Å². The first kappa shape index (κ1) is 30.4. The molecule has 0 radical (unpaired) electrons. The Balaban J connectivity index is 1.54. The number of hydrogen-bond donors (Lipinski definition) is 0. The van der Waals surface area contributed by atoms with Gasteiger partial charge in [-0.3, -0.25) is 0 Å². The maximum Gasteiger partial charge on any atom is 0.249 e. The van der Waals surface area contributed by atoms with Crippen LogP contribution in [-0.4, -0.2) is 43.6 Å². The molecule has 39 heavy (non-hydrogen) atoms. The summed E-state index contributed by atoms with van der Waals surface area (Å²) in [5.41, 5.74) is 0.150. The predicted octanol–water partition coefficient (Wildman–Crippen LogP) is 7.13. The van der Waals surface area contributed by atoms with Gasteiger partial charge in [0.1, 0.15) is 23.7 Å². The lowest BCUT2D eigenvalue weighted by Gasteiger charge is -2.27. The first-order valence-corrected chi connectivity index (χ1v) is 17.4. The molecule has 1 saturated heterocycles. The van der Waals surface area contributed by atoms with Gasteiger partial charge in [0.05, 0.1) is 39.6 Å². The van der Waals surface area contributed by atoms with Crippen LogP contribution in [0.2, 0.25) is 0 Å². The van der Waals surface area contributed by atoms with E-state index in [-0.39, 0.29) is 12.2 Å². The smallest absolute Gasteiger partial charge is 0.249 e. The van der Waals surface area contributed by atoms with Gasteiger partial charge < -0.3 is 28.0 Å². The minimum absolute atomic E-state index is 0.350. The van der Waals surface area contributed by atoms with Gasteiger partial charge in [0.2, 0.25) is 5.69 Å². The van der Waals surface area contributed by atoms with Crippen LogP contribution in [0.15, 0.2) is 91.0 Å². The Morgan fingerprint density at radius 1 is 0.692 bits per heavy atom. The van der Waals surface area contributed by atoms with Crippen molar-refractivity contribution in [2.75, 3.05) is 19.8 Å². The van der Waals surface area contributed by atoms with Gasteiger partial charge in [-0.2, -0.15) is 0 Å². The van der Waals surface area contributed by atoms with Crippen molar-refractivity contribution in [2.24, 2.45) is 0 Å². The third-order valence-corrected chi connectivity index (χ3v) is 11.5. The van der Waals surface area contributed by atoms with Gasteiger partial charge in [0.25, 0.3) is 0 Å². The van der Waals surface area contributed by atoms with Crippen molar-refractivity contribution in [1.82, 2.24) is 0 Å². The van der Waals surface area contributed by atoms with E-state index in [4.69, 9.17) is 39.8 Å². The van der Waals surface area contributed by atoms with E-state index < -0.39 is 17.2 Å². The highest BCUT2D eigenvalue weighted by Gasteiger charge is 2.49. The maximum atomic E-state index is 6.58. The monoisotopic (exact) mass is 588 g/mol. The molecule has 0 saturated carbocycles. The molecule has 0 unspecified atom stereocenters. The molecule has 4 rings (SSSR count). The molecule has 0 N–H and O–H groups in total. The fraction of sp³-hybridized carbons (Fsp3) is 0.400. The lowest BCUT2D eigenvalue weighted by molar-refractivity contribution is -0.0895. The normalized spacial score (nSPS) is 21.3. The van der Waals surface area contributed by atoms with E-state index >= 15 is 0 Å². The second-order valence-electron chi connectivity index (χ2n) is 8.95. The molecule has 0 aliphatic carbocycles. The fourth-order valence-electron chi connectivity index (χ4n) is 4.23. The minimum atomic E-state index is -2.66. The van der Waals surface area contributed by atoms with Crippen LogP contribution in [0.3, 0.4) is 0 Å². The Kier molecular flexibility index (Phi) is 12.5. The zero-order valence-electron chi connectivity index (χ0n) is 22.4. The van der Waals surface area contributed by atoms with Crippen LogP contribution in [0.25, 0.3) is 0 Å². The molecule has 1 aliphatic heterocycles. The molecule has 0 aromatic heterocycles. The average Bonchev–Trinajstić information content (AvgIpc) is 3.27. The Bertz CT molecular complexity index is 1130. The van der Waals surface area contributed by atoms with Crippen molar-refractivity contribution in [3.05, 3.63) is 108 Å². The molecule has 210 valence electrons. The summed E-state index contributed by atoms with van der Waals surface area (Å²) >= 11 is 7.26. The lowest BCUT2D eigenvalue weighted by Crippen LogP contribution is -2.38. The molecular formula is C30H37O6PS2. The topological polar surface area (TPSA) is 55.4 Å². The van der Waals surface area contributed by atoms with Gasteiger partial charge in [0, 0.05) is 0 Å². The predicted molar refractivity (Wildman–Crippen MR) is 160 cm³/mol. The Hall–Kier alpha value is -1.58. The molecule has 1 aliphatic rings. The second kappa shape index (κ2) is 16.0. The van der Waals surface area contributed by atoms with Crippen molar-refractivity contribution in [3.63, 3.8) is 0 Å². The molecule has 3 aromatic rings. The van der Waals surface area contributed by atoms with E-state index in [2.05, 4.69) is 0 Å². The third kappa shape index (κ3) is 9.49. The van der Waals surface area contributed by atoms with Crippen LogP contribution < -0.4 is 0 Å². The van der Waals surface area contributed by atoms with E-state index in [1.807, 2.05) is 105 Å². The molecule has 4 atom stereocenters. The highest BCUT2D eigenvalue weighted by atomic mass is 32.9. The summed E-state index contributed by atoms with van der Waals surface area (Å²) in [4.78, 5) is 0. The number of rotatable bonds is 16. The molecule has 0 amide bonds. The van der Waals surface area contributed by atoms with Crippen LogP contribution in [0.4, 0.5) is 0 Å². The van der Waals surface area contributed by atoms with Crippen LogP contribution in [-0.2, 0) is 59.6 Å². The summed E-state index contributed by atoms with van der Waals surface area (Å²) in [6, 6.07) is 30.3. The zero-order chi connectivity index (χ0) is 27.3. The number of hydrogen-bond acceptors (Lipinski definition) is 8. The zero-order valence-corrected chi connectivity index (χ0v) is 25.0. The first-order valence-electron chi connectivity index (χ1n) is 13.3. The summed E-state index contributed by atoms with van der Waals surface area (Å²) < 4.78 is 37.6. The molecule has 0 spiro atoms. The summed E-state index contributed by atoms with van der Waals surface area (Å²) in [7, 11) is 0. The van der Waals surface area contributed by atoms with E-state index in [1.54, 1.807) is 0 Å². The van der Waals surface area contributed by atoms with Crippen LogP contribution in [0, 0.1) is 0 Å². The third-order valence-electron chi connectivity index (χ3n) is 6.04. The van der Waals surface area contributed by atoms with Crippen molar-refractivity contribution in [2.45, 2.75) is 57.4 Å². The highest BCUT2D eigenvalue weighted by Crippen LogP contribution is 2.64. The van der Waals surface area contributed by atoms with Crippen molar-refractivity contribution in [3.8, 4) is 0 Å². The molecular weight excluding hydrogens is 551 g/mol. The molecule has 6 nitrogen and oxygen atoms in total. The molecule has 3 aromatic carbocycles. The van der Waals surface area contributed by atoms with Crippen molar-refractivity contribution >= 4 is 28.9 Å². The van der Waals surface area contributed by atoms with E-state index in [1.165, 1.54) is 11.4 Å². The standard InChI is InChI=1S/C30H37O6PS2/c1-3-34-37(38,35-4-2)39-30-29(33-22-26-18-12-7-13-19-26)28(32-21-25-16-10-6-11-17-25)27(36-30)23-31-20-24-14-8-5-9-15-24/h5-19,27-30H,3-4,20-23H2,1-2H3/t27-,28-,29-,30+/m1/s1. The SMILES string of the molecule is CCOP(=S)(OCC)S[C@@H]1O[C@H](COCc2ccccc2)[C@@H](OCc2ccccc2)[C@H]1OCc1ccccc1. The molecule has 1 heterocycles. The van der Waals surface area contributed by atoms with Crippen LogP contribution in [0.1, 0.15) is 30.5 Å². The second-order valence-corrected chi connectivity index (χ2v) is 15.3. The van der Waals surface area contributed by atoms with Crippen LogP contribution >= 0.6 is 17.1 Å². The largest absolute Gasteiger partial charge is 0.374 e. The molecule has 9 heteroatoms. The van der Waals surface area contributed by atoms with Gasteiger partial charge >= 0.3 is 0 Å². The van der Waals surface area contributed by atoms with Gasteiger partial charge in [-0.05, 0) is 53.7 Å². The van der Waals surface area contributed by atoms with Gasteiger partial charge in [-0.15, -0.1) is 0 Å². The number of benzene rings is 3. The lowest BCUT2D eigenvalue weighted by atomic mass is 10.1. The van der Waals surface area contributed by atoms with E-state index in [0.717, 1.165) is 16.7 Å². The van der Waals surface area contributed by atoms with Gasteiger partial charge in [-0.1, -0.05) is 91.0 Å². The van der Waals surface area contributed by atoms with E-state index in [0.29, 0.717) is 39.6 Å². The van der Waals surface area contributed by atoms with Crippen molar-refractivity contribution < 1.29 is 28.0 Å². The molecule has 1 fully saturated rings. The Labute approximate surface area is 241 Å². The fourth-order valence-corrected chi connectivity index (χ4v) is 9.53. The minimum Gasteiger partial charge on any atom is -0.374 e. The van der Waals surface area contributed by atoms with Gasteiger partial charge in [0.15, 0.2) is 0 Å². The quantitative estimate of drug-likeness (QED) is 0.164. The summed E-state index contributed by atoms with van der Waals surface area (Å²) in [6.07, 6.45) is -1.15. The van der Waals surface area contributed by atoms with Crippen LogP contribution in [0.5, 0.6) is 0 Å². The van der Waals surface area contributed by atoms with Gasteiger partial charge in [-0.25, -0.2) is 0 Å². The number of ether oxygens (including phenoxy) is 4. The van der Waals surface area contributed by atoms with E-state index in [9.17, 15) is 0 Å². The summed E-state index contributed by atoms with van der Waals surface area (Å²) in [6.45, 7) is 6.45. The highest BCUT2D eigenvalue weighted by molar-refractivity contribution is 8.68. The first-order chi connectivity index (χ1) is 19.1. The Morgan fingerprint density at radius 3 is 1.64 bits per heavy atom. The molecule has 0 bridgehead atoms. The summed E-state index contributed by atoms with van der Waals surface area (Å²) in [5.74, 6) is 0. The Morgan fingerprint density at radius 2 is 1.15 bits per heavy atom. The maximum absolute atomic E-state index is 6.58. The average molecular weight is 589 g/mol. The summed E-state index contributed by atoms with van der Waals surface area (Å²) in [5, 5.41) is 0.